The Labute approximate surface area is 169 Å². The van der Waals surface area contributed by atoms with Gasteiger partial charge in [0.1, 0.15) is 6.54 Å². The summed E-state index contributed by atoms with van der Waals surface area (Å²) in [5, 5.41) is 13.0. The Hall–Kier alpha value is -2.79. The summed E-state index contributed by atoms with van der Waals surface area (Å²) in [4.78, 5) is 14.1. The Kier molecular flexibility index (Phi) is 5.35. The first-order valence-corrected chi connectivity index (χ1v) is 10.3. The van der Waals surface area contributed by atoms with Crippen LogP contribution in [0.1, 0.15) is 24.8 Å². The molecule has 0 saturated heterocycles. The number of carboxylic acid groups (broad SMARTS) is 1. The molecule has 0 aliphatic carbocycles. The predicted octanol–water partition coefficient (Wildman–Crippen LogP) is 3.59. The third kappa shape index (κ3) is 3.76. The van der Waals surface area contributed by atoms with Gasteiger partial charge in [0.25, 0.3) is 0 Å². The van der Waals surface area contributed by atoms with Crippen molar-refractivity contribution in [2.45, 2.75) is 30.7 Å². The average molecular weight is 391 g/mol. The van der Waals surface area contributed by atoms with E-state index in [1.54, 1.807) is 11.8 Å². The maximum atomic E-state index is 10.6. The number of carbonyl (C=O) groups is 1. The fourth-order valence-electron chi connectivity index (χ4n) is 3.56. The van der Waals surface area contributed by atoms with Gasteiger partial charge in [0, 0.05) is 36.5 Å². The lowest BCUT2D eigenvalue weighted by Gasteiger charge is -2.13. The number of carboxylic acids is 1. The van der Waals surface area contributed by atoms with Crippen LogP contribution in [-0.2, 0) is 11.3 Å². The maximum Gasteiger partial charge on any atom is 0.213 e. The number of carbonyl (C=O) groups excluding carboxylic acids is 1. The summed E-state index contributed by atoms with van der Waals surface area (Å²) in [6.45, 7) is 0.796. The van der Waals surface area contributed by atoms with E-state index in [4.69, 9.17) is 0 Å². The lowest BCUT2D eigenvalue weighted by molar-refractivity contribution is -0.671. The van der Waals surface area contributed by atoms with E-state index in [2.05, 4.69) is 77.3 Å². The van der Waals surface area contributed by atoms with Crippen molar-refractivity contribution in [2.24, 2.45) is 0 Å². The summed E-state index contributed by atoms with van der Waals surface area (Å²) in [6, 6.07) is 19.0. The quantitative estimate of drug-likeness (QED) is 0.477. The van der Waals surface area contributed by atoms with Crippen LogP contribution in [0.4, 0.5) is 5.69 Å². The number of benzene rings is 2. The number of unbranched alkanes of at least 4 members (excludes halogenated alkanes) is 1. The van der Waals surface area contributed by atoms with Gasteiger partial charge < -0.3 is 14.8 Å². The fraction of sp³-hybridized carbons (Fsp3) is 0.217. The molecule has 0 amide bonds. The zero-order valence-electron chi connectivity index (χ0n) is 15.8. The monoisotopic (exact) mass is 390 g/mol. The fourth-order valence-corrected chi connectivity index (χ4v) is 4.66. The van der Waals surface area contributed by atoms with Crippen molar-refractivity contribution in [1.29, 1.82) is 0 Å². The number of pyridine rings is 1. The molecule has 142 valence electrons. The first kappa shape index (κ1) is 18.6. The molecule has 5 heteroatoms. The van der Waals surface area contributed by atoms with E-state index in [1.807, 2.05) is 6.07 Å². The smallest absolute Gasteiger partial charge is 0.213 e. The van der Waals surface area contributed by atoms with Crippen LogP contribution in [0, 0.1) is 0 Å². The lowest BCUT2D eigenvalue weighted by atomic mass is 10.1. The van der Waals surface area contributed by atoms with Crippen LogP contribution in [0.5, 0.6) is 0 Å². The van der Waals surface area contributed by atoms with Crippen molar-refractivity contribution in [3.05, 3.63) is 71.4 Å². The molecule has 0 bridgehead atoms. The van der Waals surface area contributed by atoms with Crippen LogP contribution < -0.4 is 14.6 Å². The van der Waals surface area contributed by atoms with Crippen LogP contribution in [0.2, 0.25) is 0 Å². The highest BCUT2D eigenvalue weighted by molar-refractivity contribution is 8.03. The van der Waals surface area contributed by atoms with Crippen LogP contribution in [0.15, 0.2) is 70.7 Å². The predicted molar refractivity (Wildman–Crippen MR) is 112 cm³/mol. The molecule has 0 unspecified atom stereocenters. The van der Waals surface area contributed by atoms with E-state index < -0.39 is 5.97 Å². The number of anilines is 1. The van der Waals surface area contributed by atoms with Gasteiger partial charge in [-0.25, -0.2) is 0 Å². The molecule has 0 N–H and O–H groups in total. The van der Waals surface area contributed by atoms with Gasteiger partial charge in [-0.2, -0.15) is 4.57 Å². The van der Waals surface area contributed by atoms with Gasteiger partial charge >= 0.3 is 0 Å². The van der Waals surface area contributed by atoms with E-state index in [9.17, 15) is 9.90 Å². The van der Waals surface area contributed by atoms with Gasteiger partial charge in [-0.05, 0) is 42.7 Å². The van der Waals surface area contributed by atoms with E-state index in [-0.39, 0.29) is 6.42 Å². The van der Waals surface area contributed by atoms with Crippen molar-refractivity contribution in [3.8, 4) is 0 Å². The first-order chi connectivity index (χ1) is 13.6. The van der Waals surface area contributed by atoms with E-state index in [0.29, 0.717) is 6.42 Å². The van der Waals surface area contributed by atoms with Crippen molar-refractivity contribution in [3.63, 3.8) is 0 Å². The van der Waals surface area contributed by atoms with E-state index >= 15 is 0 Å². The summed E-state index contributed by atoms with van der Waals surface area (Å²) >= 11 is 1.79. The van der Waals surface area contributed by atoms with Crippen LogP contribution >= 0.6 is 11.8 Å². The van der Waals surface area contributed by atoms with Crippen LogP contribution in [-0.4, -0.2) is 13.0 Å². The van der Waals surface area contributed by atoms with Gasteiger partial charge in [-0.15, -0.1) is 0 Å². The Morgan fingerprint density at radius 2 is 1.89 bits per heavy atom. The standard InChI is InChI=1S/C23H22N2O2S/c1-24-20-10-4-5-11-21(20)28-22(24)16-17-13-15-25(14-7-6-12-23(26)27)19-9-3-2-8-18(17)19/h2-5,8-11,13,15-16H,6-7,12,14H2,1H3. The molecule has 1 aromatic heterocycles. The Morgan fingerprint density at radius 1 is 1.11 bits per heavy atom. The third-order valence-electron chi connectivity index (χ3n) is 5.04. The number of aryl methyl sites for hydroxylation is 1. The summed E-state index contributed by atoms with van der Waals surface area (Å²) in [5.74, 6) is -0.976. The first-order valence-electron chi connectivity index (χ1n) is 9.47. The molecule has 0 fully saturated rings. The van der Waals surface area contributed by atoms with Gasteiger partial charge in [0.2, 0.25) is 5.52 Å². The number of fused-ring (bicyclic) bond motifs is 2. The average Bonchev–Trinajstić information content (AvgIpc) is 3.02. The molecule has 1 aliphatic heterocycles. The second-order valence-corrected chi connectivity index (χ2v) is 7.98. The molecule has 0 spiro atoms. The van der Waals surface area contributed by atoms with Crippen molar-refractivity contribution < 1.29 is 14.5 Å². The van der Waals surface area contributed by atoms with E-state index in [0.717, 1.165) is 18.5 Å². The molecule has 1 aliphatic rings. The molecule has 2 aromatic carbocycles. The number of thioether (sulfide) groups is 1. The van der Waals surface area contributed by atoms with Crippen LogP contribution in [0.3, 0.4) is 0 Å². The minimum atomic E-state index is -0.976. The van der Waals surface area contributed by atoms with Gasteiger partial charge in [0.05, 0.1) is 16.1 Å². The number of para-hydroxylation sites is 2. The molecule has 4 rings (SSSR count). The number of aliphatic carboxylic acids is 1. The van der Waals surface area contributed by atoms with Crippen molar-refractivity contribution in [1.82, 2.24) is 0 Å². The molecular weight excluding hydrogens is 368 g/mol. The maximum absolute atomic E-state index is 10.6. The highest BCUT2D eigenvalue weighted by atomic mass is 32.2. The Morgan fingerprint density at radius 3 is 2.71 bits per heavy atom. The highest BCUT2D eigenvalue weighted by Crippen LogP contribution is 2.45. The number of aromatic nitrogens is 1. The minimum absolute atomic E-state index is 0.118. The number of rotatable bonds is 6. The SMILES string of the molecule is CN1/C(=C/c2cc[n+](CCCCC(=O)[O-])c3ccccc23)Sc2ccccc21. The topological polar surface area (TPSA) is 47.2 Å². The second kappa shape index (κ2) is 8.07. The largest absolute Gasteiger partial charge is 0.550 e. The third-order valence-corrected chi connectivity index (χ3v) is 6.21. The number of hydrogen-bond donors (Lipinski definition) is 0. The van der Waals surface area contributed by atoms with Gasteiger partial charge in [-0.3, -0.25) is 0 Å². The summed E-state index contributed by atoms with van der Waals surface area (Å²) in [6.07, 6.45) is 5.91. The molecule has 2 heterocycles. The summed E-state index contributed by atoms with van der Waals surface area (Å²) < 4.78 is 2.20. The lowest BCUT2D eigenvalue weighted by Crippen LogP contribution is -2.34. The molecule has 3 aromatic rings. The molecule has 4 nitrogen and oxygen atoms in total. The zero-order chi connectivity index (χ0) is 19.5. The summed E-state index contributed by atoms with van der Waals surface area (Å²) in [5.41, 5.74) is 3.58. The molecule has 28 heavy (non-hydrogen) atoms. The highest BCUT2D eigenvalue weighted by Gasteiger charge is 2.22. The summed E-state index contributed by atoms with van der Waals surface area (Å²) in [7, 11) is 2.10. The van der Waals surface area contributed by atoms with Crippen LogP contribution in [0.25, 0.3) is 17.0 Å². The molecule has 0 radical (unpaired) electrons. The molecular formula is C23H22N2O2S. The normalized spacial score (nSPS) is 14.6. The minimum Gasteiger partial charge on any atom is -0.550 e. The Balaban J connectivity index is 1.63. The molecule has 0 atom stereocenters. The van der Waals surface area contributed by atoms with Crippen molar-refractivity contribution in [2.75, 3.05) is 11.9 Å². The van der Waals surface area contributed by atoms with E-state index in [1.165, 1.54) is 26.6 Å². The van der Waals surface area contributed by atoms with Crippen molar-refractivity contribution >= 4 is 40.4 Å². The molecule has 0 saturated carbocycles. The zero-order valence-corrected chi connectivity index (χ0v) is 16.6. The second-order valence-electron chi connectivity index (χ2n) is 6.92. The van der Waals surface area contributed by atoms with Gasteiger partial charge in [0.15, 0.2) is 6.20 Å². The number of hydrogen-bond acceptors (Lipinski definition) is 4. The van der Waals surface area contributed by atoms with Gasteiger partial charge in [-0.1, -0.05) is 36.0 Å². The Bertz CT molecular complexity index is 1060. The number of nitrogens with zero attached hydrogens (tertiary/aromatic N) is 2.